The molecule has 0 saturated heterocycles. The highest BCUT2D eigenvalue weighted by molar-refractivity contribution is 7.89. The first-order chi connectivity index (χ1) is 8.20. The van der Waals surface area contributed by atoms with Crippen molar-refractivity contribution in [1.82, 2.24) is 4.31 Å². The Labute approximate surface area is 110 Å². The van der Waals surface area contributed by atoms with Gasteiger partial charge < -0.3 is 5.32 Å². The zero-order chi connectivity index (χ0) is 14.0. The largest absolute Gasteiger partial charge is 0.379 e. The molecule has 0 fully saturated rings. The lowest BCUT2D eigenvalue weighted by atomic mass is 10.0. The fraction of sp³-hybridized carbons (Fsp3) is 0.538. The molecule has 0 aliphatic carbocycles. The minimum Gasteiger partial charge on any atom is -0.379 e. The molecule has 0 radical (unpaired) electrons. The minimum absolute atomic E-state index is 0.141. The summed E-state index contributed by atoms with van der Waals surface area (Å²) < 4.78 is 25.7. The number of hydrogen-bond acceptors (Lipinski definition) is 3. The summed E-state index contributed by atoms with van der Waals surface area (Å²) >= 11 is 0. The van der Waals surface area contributed by atoms with E-state index in [0.29, 0.717) is 10.6 Å². The topological polar surface area (TPSA) is 49.4 Å². The van der Waals surface area contributed by atoms with Gasteiger partial charge >= 0.3 is 0 Å². The molecule has 0 bridgehead atoms. The van der Waals surface area contributed by atoms with Crippen molar-refractivity contribution in [2.75, 3.05) is 19.4 Å². The van der Waals surface area contributed by atoms with E-state index in [1.807, 2.05) is 19.9 Å². The normalized spacial score (nSPS) is 12.8. The van der Waals surface area contributed by atoms with Crippen molar-refractivity contribution in [3.63, 3.8) is 0 Å². The lowest BCUT2D eigenvalue weighted by Crippen LogP contribution is -2.31. The predicted molar refractivity (Wildman–Crippen MR) is 75.3 cm³/mol. The Bertz CT molecular complexity index is 507. The van der Waals surface area contributed by atoms with Crippen molar-refractivity contribution in [2.24, 2.45) is 0 Å². The SMILES string of the molecule is CCC(C)(C)Nc1ccccc1S(=O)(=O)N(C)C. The lowest BCUT2D eigenvalue weighted by Gasteiger charge is -2.27. The highest BCUT2D eigenvalue weighted by atomic mass is 32.2. The predicted octanol–water partition coefficient (Wildman–Crippen LogP) is 2.54. The van der Waals surface area contributed by atoms with Crippen LogP contribution in [-0.4, -0.2) is 32.4 Å². The Balaban J connectivity index is 3.24. The molecule has 0 amide bonds. The number of hydrogen-bond donors (Lipinski definition) is 1. The van der Waals surface area contributed by atoms with Gasteiger partial charge in [-0.05, 0) is 32.4 Å². The van der Waals surface area contributed by atoms with Gasteiger partial charge in [0.05, 0.1) is 5.69 Å². The molecule has 1 aromatic carbocycles. The third kappa shape index (κ3) is 3.23. The maximum absolute atomic E-state index is 12.2. The maximum Gasteiger partial charge on any atom is 0.244 e. The Hall–Kier alpha value is -1.07. The van der Waals surface area contributed by atoms with Gasteiger partial charge in [-0.3, -0.25) is 0 Å². The van der Waals surface area contributed by atoms with Crippen LogP contribution in [0, 0.1) is 0 Å². The van der Waals surface area contributed by atoms with Gasteiger partial charge in [-0.1, -0.05) is 19.1 Å². The van der Waals surface area contributed by atoms with Gasteiger partial charge in [0.1, 0.15) is 4.90 Å². The summed E-state index contributed by atoms with van der Waals surface area (Å²) in [6, 6.07) is 7.00. The molecule has 0 aromatic heterocycles. The first-order valence-corrected chi connectivity index (χ1v) is 7.44. The van der Waals surface area contributed by atoms with Gasteiger partial charge in [0.25, 0.3) is 0 Å². The Morgan fingerprint density at radius 3 is 2.28 bits per heavy atom. The Morgan fingerprint density at radius 2 is 1.78 bits per heavy atom. The summed E-state index contributed by atoms with van der Waals surface area (Å²) in [5, 5.41) is 3.29. The highest BCUT2D eigenvalue weighted by Crippen LogP contribution is 2.26. The highest BCUT2D eigenvalue weighted by Gasteiger charge is 2.23. The van der Waals surface area contributed by atoms with Crippen LogP contribution in [0.3, 0.4) is 0 Å². The zero-order valence-corrected chi connectivity index (χ0v) is 12.5. The Kier molecular flexibility index (Phi) is 4.40. The van der Waals surface area contributed by atoms with Crippen LogP contribution < -0.4 is 5.32 Å². The van der Waals surface area contributed by atoms with Crippen molar-refractivity contribution in [3.05, 3.63) is 24.3 Å². The summed E-state index contributed by atoms with van der Waals surface area (Å²) in [5.74, 6) is 0. The monoisotopic (exact) mass is 270 g/mol. The average Bonchev–Trinajstić information content (AvgIpc) is 2.29. The molecule has 0 spiro atoms. The zero-order valence-electron chi connectivity index (χ0n) is 11.7. The molecule has 0 aliphatic rings. The van der Waals surface area contributed by atoms with Crippen LogP contribution in [0.5, 0.6) is 0 Å². The molecular formula is C13H22N2O2S. The van der Waals surface area contributed by atoms with Crippen LogP contribution in [0.25, 0.3) is 0 Å². The van der Waals surface area contributed by atoms with Gasteiger partial charge in [0, 0.05) is 19.6 Å². The van der Waals surface area contributed by atoms with Crippen molar-refractivity contribution < 1.29 is 8.42 Å². The summed E-state index contributed by atoms with van der Waals surface area (Å²) in [6.07, 6.45) is 0.906. The second kappa shape index (κ2) is 5.28. The van der Waals surface area contributed by atoms with Gasteiger partial charge in [0.15, 0.2) is 0 Å². The van der Waals surface area contributed by atoms with Crippen molar-refractivity contribution in [2.45, 2.75) is 37.6 Å². The summed E-state index contributed by atoms with van der Waals surface area (Å²) in [5.41, 5.74) is 0.510. The van der Waals surface area contributed by atoms with Crippen LogP contribution in [0.1, 0.15) is 27.2 Å². The minimum atomic E-state index is -3.42. The number of nitrogens with one attached hydrogen (secondary N) is 1. The molecule has 1 aromatic rings. The van der Waals surface area contributed by atoms with E-state index >= 15 is 0 Å². The average molecular weight is 270 g/mol. The standard InChI is InChI=1S/C13H22N2O2S/c1-6-13(2,3)14-11-9-7-8-10-12(11)18(16,17)15(4)5/h7-10,14H,6H2,1-5H3. The summed E-state index contributed by atoms with van der Waals surface area (Å²) in [6.45, 7) is 6.16. The van der Waals surface area contributed by atoms with Gasteiger partial charge in [-0.15, -0.1) is 0 Å². The van der Waals surface area contributed by atoms with Gasteiger partial charge in [-0.2, -0.15) is 0 Å². The second-order valence-electron chi connectivity index (χ2n) is 5.15. The van der Waals surface area contributed by atoms with E-state index < -0.39 is 10.0 Å². The van der Waals surface area contributed by atoms with E-state index in [1.54, 1.807) is 18.2 Å². The molecule has 0 aliphatic heterocycles. The van der Waals surface area contributed by atoms with Crippen LogP contribution >= 0.6 is 0 Å². The molecule has 0 atom stereocenters. The van der Waals surface area contributed by atoms with E-state index in [4.69, 9.17) is 0 Å². The number of rotatable bonds is 5. The number of para-hydroxylation sites is 1. The number of anilines is 1. The van der Waals surface area contributed by atoms with Crippen LogP contribution in [-0.2, 0) is 10.0 Å². The molecule has 5 heteroatoms. The van der Waals surface area contributed by atoms with E-state index in [9.17, 15) is 8.42 Å². The summed E-state index contributed by atoms with van der Waals surface area (Å²) in [4.78, 5) is 0.316. The maximum atomic E-state index is 12.2. The van der Waals surface area contributed by atoms with Gasteiger partial charge in [-0.25, -0.2) is 12.7 Å². The first kappa shape index (κ1) is 15.0. The van der Waals surface area contributed by atoms with Gasteiger partial charge in [0.2, 0.25) is 10.0 Å². The summed E-state index contributed by atoms with van der Waals surface area (Å²) in [7, 11) is -0.340. The molecule has 18 heavy (non-hydrogen) atoms. The lowest BCUT2D eigenvalue weighted by molar-refractivity contribution is 0.518. The fourth-order valence-electron chi connectivity index (χ4n) is 1.44. The van der Waals surface area contributed by atoms with E-state index in [-0.39, 0.29) is 5.54 Å². The van der Waals surface area contributed by atoms with E-state index in [1.165, 1.54) is 18.4 Å². The van der Waals surface area contributed by atoms with Crippen LogP contribution in [0.4, 0.5) is 5.69 Å². The number of sulfonamides is 1. The second-order valence-corrected chi connectivity index (χ2v) is 7.27. The third-order valence-corrected chi connectivity index (χ3v) is 4.88. The third-order valence-electron chi connectivity index (χ3n) is 3.00. The van der Waals surface area contributed by atoms with Crippen LogP contribution in [0.2, 0.25) is 0 Å². The number of nitrogens with zero attached hydrogens (tertiary/aromatic N) is 1. The van der Waals surface area contributed by atoms with Crippen molar-refractivity contribution in [3.8, 4) is 0 Å². The molecule has 0 heterocycles. The van der Waals surface area contributed by atoms with Crippen molar-refractivity contribution in [1.29, 1.82) is 0 Å². The van der Waals surface area contributed by atoms with E-state index in [0.717, 1.165) is 6.42 Å². The molecule has 1 rings (SSSR count). The molecule has 1 N–H and O–H groups in total. The fourth-order valence-corrected chi connectivity index (χ4v) is 2.49. The molecule has 4 nitrogen and oxygen atoms in total. The smallest absolute Gasteiger partial charge is 0.244 e. The quantitative estimate of drug-likeness (QED) is 0.894. The Morgan fingerprint density at radius 1 is 1.22 bits per heavy atom. The molecule has 0 unspecified atom stereocenters. The molecule has 102 valence electrons. The molecule has 0 saturated carbocycles. The van der Waals surface area contributed by atoms with Crippen molar-refractivity contribution >= 4 is 15.7 Å². The molecular weight excluding hydrogens is 248 g/mol. The first-order valence-electron chi connectivity index (χ1n) is 6.00. The van der Waals surface area contributed by atoms with E-state index in [2.05, 4.69) is 12.2 Å². The van der Waals surface area contributed by atoms with Crippen LogP contribution in [0.15, 0.2) is 29.2 Å². The number of benzene rings is 1.